The smallest absolute Gasteiger partial charge is 0.263 e. The molecule has 0 spiro atoms. The Labute approximate surface area is 152 Å². The van der Waals surface area contributed by atoms with Crippen molar-refractivity contribution in [2.45, 2.75) is 20.0 Å². The van der Waals surface area contributed by atoms with E-state index < -0.39 is 11.4 Å². The molecule has 7 nitrogen and oxygen atoms in total. The largest absolute Gasteiger partial charge is 0.475 e. The summed E-state index contributed by atoms with van der Waals surface area (Å²) in [6.07, 6.45) is 1.56. The van der Waals surface area contributed by atoms with Crippen molar-refractivity contribution in [2.24, 2.45) is 0 Å². The number of ether oxygens (including phenoxy) is 1. The normalized spacial score (nSPS) is 11.3. The van der Waals surface area contributed by atoms with Crippen molar-refractivity contribution >= 4 is 10.9 Å². The van der Waals surface area contributed by atoms with Gasteiger partial charge >= 0.3 is 0 Å². The summed E-state index contributed by atoms with van der Waals surface area (Å²) >= 11 is 0. The number of nitrogens with zero attached hydrogens (tertiary/aromatic N) is 3. The fourth-order valence-electron chi connectivity index (χ4n) is 2.64. The average Bonchev–Trinajstić information content (AvgIpc) is 3.11. The van der Waals surface area contributed by atoms with Crippen LogP contribution in [0.25, 0.3) is 33.7 Å². The van der Waals surface area contributed by atoms with Crippen molar-refractivity contribution in [2.75, 3.05) is 0 Å². The van der Waals surface area contributed by atoms with E-state index in [2.05, 4.69) is 20.1 Å². The summed E-state index contributed by atoms with van der Waals surface area (Å²) in [5.41, 5.74) is 0.927. The summed E-state index contributed by atoms with van der Waals surface area (Å²) in [5, 5.41) is 4.45. The molecule has 0 radical (unpaired) electrons. The van der Waals surface area contributed by atoms with Crippen LogP contribution in [0, 0.1) is 5.82 Å². The van der Waals surface area contributed by atoms with E-state index in [1.165, 1.54) is 24.3 Å². The lowest BCUT2D eigenvalue weighted by atomic mass is 10.1. The molecule has 1 aromatic carbocycles. The summed E-state index contributed by atoms with van der Waals surface area (Å²) in [5.74, 6) is 0.370. The molecular formula is C19H15FN4O3. The predicted octanol–water partition coefficient (Wildman–Crippen LogP) is 3.57. The van der Waals surface area contributed by atoms with Crippen LogP contribution < -0.4 is 10.3 Å². The predicted molar refractivity (Wildman–Crippen MR) is 96.8 cm³/mol. The van der Waals surface area contributed by atoms with E-state index in [0.29, 0.717) is 28.2 Å². The maximum Gasteiger partial charge on any atom is 0.263 e. The number of H-pyrrole nitrogens is 1. The van der Waals surface area contributed by atoms with Gasteiger partial charge in [-0.05, 0) is 44.2 Å². The molecular weight excluding hydrogens is 351 g/mol. The van der Waals surface area contributed by atoms with Gasteiger partial charge in [-0.1, -0.05) is 5.16 Å². The Morgan fingerprint density at radius 3 is 2.85 bits per heavy atom. The third-order valence-electron chi connectivity index (χ3n) is 3.81. The summed E-state index contributed by atoms with van der Waals surface area (Å²) < 4.78 is 24.3. The Hall–Kier alpha value is -3.55. The molecule has 0 aliphatic rings. The molecule has 4 rings (SSSR count). The van der Waals surface area contributed by atoms with E-state index in [-0.39, 0.29) is 17.6 Å². The Bertz CT molecular complexity index is 1180. The number of rotatable bonds is 4. The quantitative estimate of drug-likeness (QED) is 0.593. The molecule has 0 fully saturated rings. The van der Waals surface area contributed by atoms with Crippen LogP contribution in [0.4, 0.5) is 4.39 Å². The minimum atomic E-state index is -0.402. The highest BCUT2D eigenvalue weighted by molar-refractivity contribution is 5.82. The van der Waals surface area contributed by atoms with Gasteiger partial charge in [-0.3, -0.25) is 4.79 Å². The van der Waals surface area contributed by atoms with E-state index in [4.69, 9.17) is 9.26 Å². The van der Waals surface area contributed by atoms with Gasteiger partial charge in [0.15, 0.2) is 0 Å². The van der Waals surface area contributed by atoms with E-state index in [9.17, 15) is 9.18 Å². The van der Waals surface area contributed by atoms with Crippen LogP contribution >= 0.6 is 0 Å². The number of halogens is 1. The van der Waals surface area contributed by atoms with Crippen molar-refractivity contribution in [1.29, 1.82) is 0 Å². The van der Waals surface area contributed by atoms with Crippen LogP contribution in [0.2, 0.25) is 0 Å². The Morgan fingerprint density at radius 2 is 2.04 bits per heavy atom. The highest BCUT2D eigenvalue weighted by Crippen LogP contribution is 2.24. The minimum Gasteiger partial charge on any atom is -0.475 e. The number of hydrogen-bond donors (Lipinski definition) is 1. The second-order valence-corrected chi connectivity index (χ2v) is 6.22. The van der Waals surface area contributed by atoms with Crippen LogP contribution in [0.1, 0.15) is 13.8 Å². The molecule has 0 aliphatic carbocycles. The van der Waals surface area contributed by atoms with Crippen molar-refractivity contribution in [3.8, 4) is 28.7 Å². The first-order chi connectivity index (χ1) is 13.0. The molecule has 0 saturated carbocycles. The van der Waals surface area contributed by atoms with E-state index in [0.717, 1.165) is 0 Å². The van der Waals surface area contributed by atoms with Crippen molar-refractivity contribution in [3.05, 3.63) is 58.8 Å². The van der Waals surface area contributed by atoms with E-state index in [1.807, 2.05) is 13.8 Å². The lowest BCUT2D eigenvalue weighted by molar-refractivity contribution is 0.233. The zero-order valence-corrected chi connectivity index (χ0v) is 14.6. The summed E-state index contributed by atoms with van der Waals surface area (Å²) in [6.45, 7) is 3.80. The number of fused-ring (bicyclic) bond motifs is 1. The summed E-state index contributed by atoms with van der Waals surface area (Å²) in [7, 11) is 0. The first kappa shape index (κ1) is 16.9. The Kier molecular flexibility index (Phi) is 4.15. The lowest BCUT2D eigenvalue weighted by Gasteiger charge is -2.08. The number of hydrogen-bond acceptors (Lipinski definition) is 6. The third kappa shape index (κ3) is 3.41. The van der Waals surface area contributed by atoms with Gasteiger partial charge in [0, 0.05) is 28.7 Å². The molecule has 0 amide bonds. The molecule has 0 unspecified atom stereocenters. The molecule has 3 heterocycles. The molecule has 0 bridgehead atoms. The average molecular weight is 366 g/mol. The zero-order chi connectivity index (χ0) is 19.0. The summed E-state index contributed by atoms with van der Waals surface area (Å²) in [4.78, 5) is 23.4. The van der Waals surface area contributed by atoms with Gasteiger partial charge < -0.3 is 14.2 Å². The van der Waals surface area contributed by atoms with Crippen LogP contribution in [0.5, 0.6) is 5.88 Å². The third-order valence-corrected chi connectivity index (χ3v) is 3.81. The molecule has 0 aliphatic heterocycles. The second kappa shape index (κ2) is 6.64. The highest BCUT2D eigenvalue weighted by Gasteiger charge is 2.16. The van der Waals surface area contributed by atoms with Crippen LogP contribution in [-0.4, -0.2) is 26.2 Å². The number of nitrogens with one attached hydrogen (secondary N) is 1. The van der Waals surface area contributed by atoms with Gasteiger partial charge in [0.05, 0.1) is 6.10 Å². The van der Waals surface area contributed by atoms with Gasteiger partial charge in [0.25, 0.3) is 11.4 Å². The number of aromatic nitrogens is 4. The summed E-state index contributed by atoms with van der Waals surface area (Å²) in [6, 6.07) is 9.03. The molecule has 8 heteroatoms. The number of pyridine rings is 2. The molecule has 0 atom stereocenters. The number of aromatic amines is 1. The molecule has 27 heavy (non-hydrogen) atoms. The first-order valence-electron chi connectivity index (χ1n) is 8.29. The highest BCUT2D eigenvalue weighted by atomic mass is 19.1. The Balaban J connectivity index is 1.74. The van der Waals surface area contributed by atoms with Crippen LogP contribution in [-0.2, 0) is 0 Å². The maximum atomic E-state index is 13.5. The topological polar surface area (TPSA) is 93.9 Å². The second-order valence-electron chi connectivity index (χ2n) is 6.22. The molecule has 1 N–H and O–H groups in total. The molecule has 4 aromatic rings. The van der Waals surface area contributed by atoms with Gasteiger partial charge in [0.1, 0.15) is 11.4 Å². The maximum absolute atomic E-state index is 13.5. The van der Waals surface area contributed by atoms with Crippen LogP contribution in [0.3, 0.4) is 0 Å². The molecule has 3 aromatic heterocycles. The lowest BCUT2D eigenvalue weighted by Crippen LogP contribution is -2.08. The van der Waals surface area contributed by atoms with Gasteiger partial charge in [-0.25, -0.2) is 9.37 Å². The molecule has 0 saturated heterocycles. The van der Waals surface area contributed by atoms with Gasteiger partial charge in [-0.2, -0.15) is 4.98 Å². The SMILES string of the molecule is CC(C)Oc1cc(-c2noc(-c3cc4cc(F)ccc4[nH]c3=O)n2)ccn1. The zero-order valence-electron chi connectivity index (χ0n) is 14.6. The van der Waals surface area contributed by atoms with Crippen molar-refractivity contribution in [1.82, 2.24) is 20.1 Å². The number of benzene rings is 1. The van der Waals surface area contributed by atoms with Crippen molar-refractivity contribution in [3.63, 3.8) is 0 Å². The fraction of sp³-hybridized carbons (Fsp3) is 0.158. The standard InChI is InChI=1S/C19H15FN4O3/c1-10(2)26-16-9-11(5-6-21-16)17-23-19(27-24-17)14-8-12-7-13(20)3-4-15(12)22-18(14)25/h3-10H,1-2H3,(H,22,25). The van der Waals surface area contributed by atoms with E-state index >= 15 is 0 Å². The van der Waals surface area contributed by atoms with Gasteiger partial charge in [0.2, 0.25) is 11.7 Å². The molecule has 136 valence electrons. The monoisotopic (exact) mass is 366 g/mol. The van der Waals surface area contributed by atoms with Crippen LogP contribution in [0.15, 0.2) is 51.9 Å². The minimum absolute atomic E-state index is 0.0230. The first-order valence-corrected chi connectivity index (χ1v) is 8.29. The fourth-order valence-corrected chi connectivity index (χ4v) is 2.64. The van der Waals surface area contributed by atoms with E-state index in [1.54, 1.807) is 18.3 Å². The van der Waals surface area contributed by atoms with Crippen molar-refractivity contribution < 1.29 is 13.7 Å². The Morgan fingerprint density at radius 1 is 1.19 bits per heavy atom. The van der Waals surface area contributed by atoms with Gasteiger partial charge in [-0.15, -0.1) is 0 Å².